The van der Waals surface area contributed by atoms with Crippen molar-refractivity contribution in [2.45, 2.75) is 18.7 Å². The first-order chi connectivity index (χ1) is 11.8. The zero-order chi connectivity index (χ0) is 16.4. The lowest BCUT2D eigenvalue weighted by Crippen LogP contribution is -2.43. The Hall–Kier alpha value is -2.14. The van der Waals surface area contributed by atoms with Crippen LogP contribution in [0.5, 0.6) is 11.5 Å². The number of ether oxygens (including phenoxy) is 2. The van der Waals surface area contributed by atoms with Crippen LogP contribution < -0.4 is 9.47 Å². The van der Waals surface area contributed by atoms with Crippen molar-refractivity contribution in [3.8, 4) is 11.5 Å². The van der Waals surface area contributed by atoms with Crippen LogP contribution in [0.1, 0.15) is 24.3 Å². The summed E-state index contributed by atoms with van der Waals surface area (Å²) in [6.45, 7) is 3.62. The Bertz CT molecular complexity index is 745. The van der Waals surface area contributed by atoms with Gasteiger partial charge < -0.3 is 14.4 Å². The van der Waals surface area contributed by atoms with Gasteiger partial charge in [0.15, 0.2) is 0 Å². The lowest BCUT2D eigenvalue weighted by Gasteiger charge is -2.40. The molecule has 0 radical (unpaired) electrons. The Morgan fingerprint density at radius 1 is 1.21 bits per heavy atom. The second-order valence-electron chi connectivity index (χ2n) is 5.73. The highest BCUT2D eigenvalue weighted by molar-refractivity contribution is 7.99. The molecule has 0 bridgehead atoms. The van der Waals surface area contributed by atoms with Gasteiger partial charge in [0, 0.05) is 12.1 Å². The zero-order valence-electron chi connectivity index (χ0n) is 13.6. The van der Waals surface area contributed by atoms with Gasteiger partial charge in [0.1, 0.15) is 16.9 Å². The molecule has 2 aliphatic heterocycles. The Labute approximate surface area is 146 Å². The normalized spacial score (nSPS) is 21.0. The molecule has 2 aromatic rings. The molecule has 0 amide bonds. The maximum atomic E-state index is 6.11. The third-order valence-corrected chi connectivity index (χ3v) is 5.46. The van der Waals surface area contributed by atoms with E-state index in [1.165, 1.54) is 11.3 Å². The highest BCUT2D eigenvalue weighted by Crippen LogP contribution is 2.44. The number of hydrogen-bond acceptors (Lipinski definition) is 4. The van der Waals surface area contributed by atoms with Crippen LogP contribution in [-0.4, -0.2) is 29.8 Å². The quantitative estimate of drug-likeness (QED) is 0.817. The van der Waals surface area contributed by atoms with Crippen LogP contribution in [0.2, 0.25) is 0 Å². The maximum Gasteiger partial charge on any atom is 0.299 e. The topological polar surface area (TPSA) is 34.1 Å². The number of thioether (sulfide) groups is 1. The van der Waals surface area contributed by atoms with E-state index in [0.717, 1.165) is 30.2 Å². The third-order valence-electron chi connectivity index (χ3n) is 4.11. The molecule has 0 spiro atoms. The van der Waals surface area contributed by atoms with Crippen LogP contribution >= 0.6 is 11.8 Å². The molecule has 0 unspecified atom stereocenters. The Kier molecular flexibility index (Phi) is 4.34. The van der Waals surface area contributed by atoms with E-state index in [9.17, 15) is 0 Å². The fourth-order valence-corrected chi connectivity index (χ4v) is 4.28. The summed E-state index contributed by atoms with van der Waals surface area (Å²) in [4.78, 5) is 7.02. The molecule has 5 heteroatoms. The standard InChI is InChI=1S/C19H20N2O2S/c1-2-22-15-10-8-14(9-11-15)20-19-21-12-5-13-24-18(21)16-6-3-4-7-17(16)23-19/h3-4,6-11,18H,2,5,12-13H2,1H3/t18-/m0/s1. The number of para-hydroxylation sites is 1. The number of benzene rings is 2. The fourth-order valence-electron chi connectivity index (χ4n) is 3.01. The van der Waals surface area contributed by atoms with Crippen molar-refractivity contribution in [3.05, 3.63) is 54.1 Å². The fraction of sp³-hybridized carbons (Fsp3) is 0.316. The number of amidine groups is 1. The Balaban J connectivity index is 1.66. The van der Waals surface area contributed by atoms with Crippen LogP contribution in [0.4, 0.5) is 5.69 Å². The third kappa shape index (κ3) is 2.96. The average Bonchev–Trinajstić information content (AvgIpc) is 2.64. The highest BCUT2D eigenvalue weighted by Gasteiger charge is 2.35. The van der Waals surface area contributed by atoms with Crippen molar-refractivity contribution in [2.75, 3.05) is 18.9 Å². The molecule has 24 heavy (non-hydrogen) atoms. The summed E-state index contributed by atoms with van der Waals surface area (Å²) in [5.41, 5.74) is 2.12. The molecule has 1 saturated heterocycles. The van der Waals surface area contributed by atoms with Gasteiger partial charge in [-0.2, -0.15) is 4.99 Å². The van der Waals surface area contributed by atoms with Crippen LogP contribution in [0, 0.1) is 0 Å². The summed E-state index contributed by atoms with van der Waals surface area (Å²) in [6, 6.07) is 16.8. The van der Waals surface area contributed by atoms with Gasteiger partial charge in [-0.15, -0.1) is 11.8 Å². The number of aliphatic imine (C=N–C) groups is 1. The minimum absolute atomic E-state index is 0.296. The minimum atomic E-state index is 0.296. The molecule has 124 valence electrons. The largest absolute Gasteiger partial charge is 0.494 e. The first-order valence-corrected chi connectivity index (χ1v) is 9.36. The predicted molar refractivity (Wildman–Crippen MR) is 98.3 cm³/mol. The molecule has 0 aromatic heterocycles. The maximum absolute atomic E-state index is 6.11. The van der Waals surface area contributed by atoms with Crippen molar-refractivity contribution >= 4 is 23.5 Å². The molecule has 1 atom stereocenters. The van der Waals surface area contributed by atoms with Gasteiger partial charge in [-0.05, 0) is 49.4 Å². The molecular formula is C19H20N2O2S. The Morgan fingerprint density at radius 3 is 2.88 bits per heavy atom. The van der Waals surface area contributed by atoms with Crippen molar-refractivity contribution in [2.24, 2.45) is 4.99 Å². The van der Waals surface area contributed by atoms with E-state index in [0.29, 0.717) is 18.0 Å². The molecule has 4 rings (SSSR count). The smallest absolute Gasteiger partial charge is 0.299 e. The van der Waals surface area contributed by atoms with Crippen molar-refractivity contribution < 1.29 is 9.47 Å². The number of rotatable bonds is 3. The lowest BCUT2D eigenvalue weighted by atomic mass is 10.1. The second kappa shape index (κ2) is 6.77. The van der Waals surface area contributed by atoms with E-state index in [4.69, 9.17) is 14.5 Å². The molecule has 0 aliphatic carbocycles. The van der Waals surface area contributed by atoms with Crippen LogP contribution in [0.3, 0.4) is 0 Å². The van der Waals surface area contributed by atoms with Gasteiger partial charge in [-0.1, -0.05) is 18.2 Å². The number of fused-ring (bicyclic) bond motifs is 3. The molecule has 0 N–H and O–H groups in total. The molecule has 2 aliphatic rings. The van der Waals surface area contributed by atoms with E-state index < -0.39 is 0 Å². The van der Waals surface area contributed by atoms with E-state index >= 15 is 0 Å². The van der Waals surface area contributed by atoms with Crippen LogP contribution in [-0.2, 0) is 0 Å². The van der Waals surface area contributed by atoms with Crippen molar-refractivity contribution in [3.63, 3.8) is 0 Å². The van der Waals surface area contributed by atoms with Crippen molar-refractivity contribution in [1.29, 1.82) is 0 Å². The zero-order valence-corrected chi connectivity index (χ0v) is 14.5. The monoisotopic (exact) mass is 340 g/mol. The van der Waals surface area contributed by atoms with E-state index in [-0.39, 0.29) is 0 Å². The summed E-state index contributed by atoms with van der Waals surface area (Å²) in [7, 11) is 0. The summed E-state index contributed by atoms with van der Waals surface area (Å²) in [6.07, 6.45) is 1.15. The van der Waals surface area contributed by atoms with Crippen LogP contribution in [0.15, 0.2) is 53.5 Å². The van der Waals surface area contributed by atoms with Gasteiger partial charge in [0.05, 0.1) is 12.3 Å². The van der Waals surface area contributed by atoms with E-state index in [2.05, 4.69) is 17.0 Å². The summed E-state index contributed by atoms with van der Waals surface area (Å²) in [5, 5.41) is 0.296. The van der Waals surface area contributed by atoms with Gasteiger partial charge >= 0.3 is 0 Å². The SMILES string of the molecule is CCOc1ccc(N=C2Oc3ccccc3[C@@H]3SCCCN23)cc1. The first-order valence-electron chi connectivity index (χ1n) is 8.32. The Morgan fingerprint density at radius 2 is 2.04 bits per heavy atom. The van der Waals surface area contributed by atoms with Gasteiger partial charge in [0.25, 0.3) is 6.02 Å². The molecule has 4 nitrogen and oxygen atoms in total. The number of hydrogen-bond donors (Lipinski definition) is 0. The summed E-state index contributed by atoms with van der Waals surface area (Å²) < 4.78 is 11.6. The predicted octanol–water partition coefficient (Wildman–Crippen LogP) is 4.60. The molecular weight excluding hydrogens is 320 g/mol. The molecule has 0 saturated carbocycles. The van der Waals surface area contributed by atoms with Gasteiger partial charge in [-0.3, -0.25) is 0 Å². The van der Waals surface area contributed by atoms with E-state index in [1.807, 2.05) is 55.1 Å². The second-order valence-corrected chi connectivity index (χ2v) is 6.92. The molecule has 2 heterocycles. The lowest BCUT2D eigenvalue weighted by molar-refractivity contribution is 0.289. The van der Waals surface area contributed by atoms with Crippen LogP contribution in [0.25, 0.3) is 0 Å². The molecule has 2 aromatic carbocycles. The summed E-state index contributed by atoms with van der Waals surface area (Å²) in [5.74, 6) is 2.95. The first kappa shape index (κ1) is 15.4. The van der Waals surface area contributed by atoms with E-state index in [1.54, 1.807) is 0 Å². The van der Waals surface area contributed by atoms with Crippen molar-refractivity contribution in [1.82, 2.24) is 4.90 Å². The highest BCUT2D eigenvalue weighted by atomic mass is 32.2. The molecule has 1 fully saturated rings. The average molecular weight is 340 g/mol. The summed E-state index contributed by atoms with van der Waals surface area (Å²) >= 11 is 1.96. The van der Waals surface area contributed by atoms with Gasteiger partial charge in [-0.25, -0.2) is 0 Å². The number of nitrogens with zero attached hydrogens (tertiary/aromatic N) is 2. The minimum Gasteiger partial charge on any atom is -0.494 e. The van der Waals surface area contributed by atoms with Gasteiger partial charge in [0.2, 0.25) is 0 Å².